The molecule has 5 heteroatoms. The highest BCUT2D eigenvalue weighted by Gasteiger charge is 2.40. The van der Waals surface area contributed by atoms with E-state index >= 15 is 0 Å². The number of nitrogens with one attached hydrogen (secondary N) is 1. The molecule has 30 heavy (non-hydrogen) atoms. The van der Waals surface area contributed by atoms with E-state index in [-0.39, 0.29) is 11.9 Å². The molecule has 1 aromatic rings. The fraction of sp³-hybridized carbons (Fsp3) is 0.560. The number of rotatable bonds is 12. The molecule has 1 heterocycles. The highest BCUT2D eigenvalue weighted by atomic mass is 32.1. The van der Waals surface area contributed by atoms with Crippen LogP contribution in [0.25, 0.3) is 0 Å². The number of thiophene rings is 1. The topological polar surface area (TPSA) is 64.3 Å². The Bertz CT molecular complexity index is 772. The van der Waals surface area contributed by atoms with Crippen LogP contribution in [0.3, 0.4) is 0 Å². The molecule has 0 radical (unpaired) electrons. The van der Waals surface area contributed by atoms with E-state index in [9.17, 15) is 4.79 Å². The van der Waals surface area contributed by atoms with Gasteiger partial charge in [0.1, 0.15) is 6.61 Å². The summed E-state index contributed by atoms with van der Waals surface area (Å²) in [6.45, 7) is 15.4. The summed E-state index contributed by atoms with van der Waals surface area (Å²) < 4.78 is 5.74. The molecule has 168 valence electrons. The van der Waals surface area contributed by atoms with E-state index in [1.165, 1.54) is 15.3 Å². The maximum atomic E-state index is 13.2. The van der Waals surface area contributed by atoms with Gasteiger partial charge in [0, 0.05) is 34.1 Å². The third kappa shape index (κ3) is 7.35. The van der Waals surface area contributed by atoms with Gasteiger partial charge in [-0.3, -0.25) is 4.79 Å². The first-order valence-corrected chi connectivity index (χ1v) is 11.7. The van der Waals surface area contributed by atoms with E-state index < -0.39 is 5.41 Å². The summed E-state index contributed by atoms with van der Waals surface area (Å²) in [5.74, 6) is -0.131. The van der Waals surface area contributed by atoms with E-state index in [2.05, 4.69) is 25.2 Å². The summed E-state index contributed by atoms with van der Waals surface area (Å²) in [7, 11) is 0. The summed E-state index contributed by atoms with van der Waals surface area (Å²) in [6.07, 6.45) is 10.3. The van der Waals surface area contributed by atoms with E-state index in [4.69, 9.17) is 10.5 Å². The lowest BCUT2D eigenvalue weighted by atomic mass is 9.75. The van der Waals surface area contributed by atoms with Gasteiger partial charge < -0.3 is 15.8 Å². The van der Waals surface area contributed by atoms with Crippen LogP contribution in [-0.4, -0.2) is 19.1 Å². The van der Waals surface area contributed by atoms with Crippen molar-refractivity contribution in [3.8, 4) is 0 Å². The highest BCUT2D eigenvalue weighted by molar-refractivity contribution is 7.12. The fourth-order valence-corrected chi connectivity index (χ4v) is 4.91. The van der Waals surface area contributed by atoms with Crippen LogP contribution in [0.1, 0.15) is 75.6 Å². The molecule has 4 nitrogen and oxygen atoms in total. The minimum absolute atomic E-state index is 0.0401. The molecule has 0 fully saturated rings. The number of allylic oxidation sites excluding steroid dienone is 3. The lowest BCUT2D eigenvalue weighted by molar-refractivity contribution is -0.154. The fourth-order valence-electron chi connectivity index (χ4n) is 3.46. The molecule has 0 aromatic carbocycles. The van der Waals surface area contributed by atoms with Crippen molar-refractivity contribution in [3.05, 3.63) is 57.1 Å². The number of nitrogens with two attached hydrogens (primary N) is 1. The number of hydrogen-bond donors (Lipinski definition) is 2. The molecule has 0 aliphatic carbocycles. The van der Waals surface area contributed by atoms with Crippen LogP contribution in [0.2, 0.25) is 0 Å². The summed E-state index contributed by atoms with van der Waals surface area (Å²) >= 11 is 1.79. The Kier molecular flexibility index (Phi) is 11.0. The van der Waals surface area contributed by atoms with Gasteiger partial charge in [0.25, 0.3) is 0 Å². The Morgan fingerprint density at radius 1 is 1.33 bits per heavy atom. The Morgan fingerprint density at radius 3 is 2.57 bits per heavy atom. The third-order valence-corrected chi connectivity index (χ3v) is 6.70. The van der Waals surface area contributed by atoms with Crippen LogP contribution in [0.4, 0.5) is 0 Å². The van der Waals surface area contributed by atoms with Crippen LogP contribution in [0, 0.1) is 12.3 Å². The predicted octanol–water partition coefficient (Wildman–Crippen LogP) is 5.98. The van der Waals surface area contributed by atoms with E-state index in [1.54, 1.807) is 11.3 Å². The lowest BCUT2D eigenvalue weighted by Crippen LogP contribution is -2.33. The third-order valence-electron chi connectivity index (χ3n) is 5.50. The maximum absolute atomic E-state index is 13.2. The van der Waals surface area contributed by atoms with Crippen molar-refractivity contribution in [1.82, 2.24) is 5.32 Å². The number of hydrogen-bond acceptors (Lipinski definition) is 5. The molecule has 1 unspecified atom stereocenters. The predicted molar refractivity (Wildman–Crippen MR) is 130 cm³/mol. The molecule has 0 spiro atoms. The first-order chi connectivity index (χ1) is 14.2. The van der Waals surface area contributed by atoms with Crippen molar-refractivity contribution in [3.63, 3.8) is 0 Å². The standard InChI is InChI=1S/C25H40N2O2S/c1-8-12-19(9-2)17-29-24(28)25(6,7)22(14-13-21(26)16-27-11-4)23-15-20(10-3)18(5)30-23/h8-9,12,15-16,22,27H,10-11,13-14,17,26H2,1-7H3/b12-8-,19-9+,21-16-. The Morgan fingerprint density at radius 2 is 2.03 bits per heavy atom. The molecular weight excluding hydrogens is 392 g/mol. The van der Waals surface area contributed by atoms with Gasteiger partial charge in [0.2, 0.25) is 0 Å². The van der Waals surface area contributed by atoms with Gasteiger partial charge in [0.15, 0.2) is 0 Å². The molecular formula is C25H40N2O2S. The van der Waals surface area contributed by atoms with Crippen LogP contribution >= 0.6 is 11.3 Å². The van der Waals surface area contributed by atoms with Crippen molar-refractivity contribution in [2.75, 3.05) is 13.2 Å². The van der Waals surface area contributed by atoms with Gasteiger partial charge >= 0.3 is 5.97 Å². The second kappa shape index (κ2) is 12.6. The summed E-state index contributed by atoms with van der Waals surface area (Å²) in [5.41, 5.74) is 8.68. The number of carbonyl (C=O) groups excluding carboxylic acids is 1. The van der Waals surface area contributed by atoms with Crippen LogP contribution in [0.15, 0.2) is 41.8 Å². The minimum Gasteiger partial charge on any atom is -0.460 e. The van der Waals surface area contributed by atoms with Gasteiger partial charge in [-0.2, -0.15) is 0 Å². The smallest absolute Gasteiger partial charge is 0.312 e. The van der Waals surface area contributed by atoms with Gasteiger partial charge in [-0.15, -0.1) is 11.3 Å². The average Bonchev–Trinajstić information content (AvgIpc) is 3.09. The second-order valence-electron chi connectivity index (χ2n) is 8.11. The largest absolute Gasteiger partial charge is 0.460 e. The highest BCUT2D eigenvalue weighted by Crippen LogP contribution is 2.44. The van der Waals surface area contributed by atoms with Crippen molar-refractivity contribution >= 4 is 17.3 Å². The summed E-state index contributed by atoms with van der Waals surface area (Å²) in [4.78, 5) is 15.7. The van der Waals surface area contributed by atoms with Crippen LogP contribution in [-0.2, 0) is 16.0 Å². The van der Waals surface area contributed by atoms with Gasteiger partial charge in [-0.05, 0) is 78.0 Å². The number of ether oxygens (including phenoxy) is 1. The lowest BCUT2D eigenvalue weighted by Gasteiger charge is -2.32. The van der Waals surface area contributed by atoms with Crippen molar-refractivity contribution in [1.29, 1.82) is 0 Å². The van der Waals surface area contributed by atoms with E-state index in [0.717, 1.165) is 37.1 Å². The monoisotopic (exact) mass is 432 g/mol. The molecule has 0 bridgehead atoms. The average molecular weight is 433 g/mol. The minimum atomic E-state index is -0.657. The number of carbonyl (C=O) groups is 1. The normalized spacial score (nSPS) is 14.2. The molecule has 0 saturated heterocycles. The van der Waals surface area contributed by atoms with Gasteiger partial charge in [-0.25, -0.2) is 0 Å². The molecule has 0 aliphatic heterocycles. The molecule has 0 aliphatic rings. The van der Waals surface area contributed by atoms with Gasteiger partial charge in [0.05, 0.1) is 5.41 Å². The molecule has 1 aromatic heterocycles. The summed E-state index contributed by atoms with van der Waals surface area (Å²) in [5, 5.41) is 3.16. The molecule has 3 N–H and O–H groups in total. The van der Waals surface area contributed by atoms with Crippen molar-refractivity contribution < 1.29 is 9.53 Å². The number of esters is 1. The Labute approximate surface area is 187 Å². The number of aryl methyl sites for hydroxylation is 2. The zero-order chi connectivity index (χ0) is 22.7. The first kappa shape index (κ1) is 26.0. The quantitative estimate of drug-likeness (QED) is 0.315. The van der Waals surface area contributed by atoms with Crippen molar-refractivity contribution in [2.45, 2.75) is 73.6 Å². The Balaban J connectivity index is 3.11. The van der Waals surface area contributed by atoms with Crippen molar-refractivity contribution in [2.24, 2.45) is 11.1 Å². The summed E-state index contributed by atoms with van der Waals surface area (Å²) in [6, 6.07) is 2.26. The molecule has 0 saturated carbocycles. The van der Waals surface area contributed by atoms with Gasteiger partial charge in [-0.1, -0.05) is 25.2 Å². The molecule has 1 rings (SSSR count). The zero-order valence-electron chi connectivity index (χ0n) is 19.8. The first-order valence-electron chi connectivity index (χ1n) is 10.9. The Hall–Kier alpha value is -2.01. The maximum Gasteiger partial charge on any atom is 0.312 e. The zero-order valence-corrected chi connectivity index (χ0v) is 20.6. The molecule has 1 atom stereocenters. The van der Waals surface area contributed by atoms with E-state index in [0.29, 0.717) is 6.61 Å². The van der Waals surface area contributed by atoms with E-state index in [1.807, 2.05) is 59.0 Å². The SMILES string of the molecule is C/C=C\C(=C/C)COC(=O)C(C)(C)C(CC/C(N)=C/NCC)c1cc(CC)c(C)s1. The molecule has 0 amide bonds. The van der Waals surface area contributed by atoms with Crippen LogP contribution in [0.5, 0.6) is 0 Å². The van der Waals surface area contributed by atoms with Crippen LogP contribution < -0.4 is 11.1 Å². The second-order valence-corrected chi connectivity index (χ2v) is 9.40.